The van der Waals surface area contributed by atoms with Gasteiger partial charge in [-0.15, -0.1) is 0 Å². The summed E-state index contributed by atoms with van der Waals surface area (Å²) in [4.78, 5) is 12.1. The van der Waals surface area contributed by atoms with Crippen molar-refractivity contribution < 1.29 is 4.79 Å². The van der Waals surface area contributed by atoms with Crippen LogP contribution in [0.4, 0.5) is 11.5 Å². The number of nitrogens with zero attached hydrogens (tertiary/aromatic N) is 2. The van der Waals surface area contributed by atoms with E-state index in [1.54, 1.807) is 13.1 Å². The standard InChI is InChI=1S/C13H16N4O/c1-3-9-6-4-5-7-10(9)15-13(18)11-8-12(14)16-17(11)2/h4-8H,3H2,1-2H3,(H2,14,16)(H,15,18). The van der Waals surface area contributed by atoms with Crippen molar-refractivity contribution in [3.63, 3.8) is 0 Å². The van der Waals surface area contributed by atoms with E-state index in [0.29, 0.717) is 11.5 Å². The minimum Gasteiger partial charge on any atom is -0.382 e. The van der Waals surface area contributed by atoms with Crippen LogP contribution in [0.25, 0.3) is 0 Å². The van der Waals surface area contributed by atoms with Crippen LogP contribution in [0, 0.1) is 0 Å². The van der Waals surface area contributed by atoms with Crippen molar-refractivity contribution in [3.8, 4) is 0 Å². The molecule has 5 heteroatoms. The molecule has 0 radical (unpaired) electrons. The summed E-state index contributed by atoms with van der Waals surface area (Å²) in [6, 6.07) is 9.29. The van der Waals surface area contributed by atoms with E-state index in [2.05, 4.69) is 10.4 Å². The van der Waals surface area contributed by atoms with Gasteiger partial charge in [0.05, 0.1) is 0 Å². The molecule has 0 aliphatic rings. The number of nitrogens with two attached hydrogens (primary N) is 1. The molecule has 1 aromatic heterocycles. The predicted molar refractivity (Wildman–Crippen MR) is 71.4 cm³/mol. The average Bonchev–Trinajstić information content (AvgIpc) is 2.69. The molecule has 0 aliphatic heterocycles. The molecule has 0 spiro atoms. The number of carbonyl (C=O) groups is 1. The summed E-state index contributed by atoms with van der Waals surface area (Å²) < 4.78 is 1.47. The zero-order chi connectivity index (χ0) is 13.1. The third-order valence-electron chi connectivity index (χ3n) is 2.78. The number of aromatic nitrogens is 2. The Morgan fingerprint density at radius 1 is 1.44 bits per heavy atom. The quantitative estimate of drug-likeness (QED) is 0.865. The monoisotopic (exact) mass is 244 g/mol. The Hall–Kier alpha value is -2.30. The summed E-state index contributed by atoms with van der Waals surface area (Å²) in [5, 5.41) is 6.83. The third-order valence-corrected chi connectivity index (χ3v) is 2.78. The zero-order valence-corrected chi connectivity index (χ0v) is 10.5. The van der Waals surface area contributed by atoms with Gasteiger partial charge >= 0.3 is 0 Å². The highest BCUT2D eigenvalue weighted by Crippen LogP contribution is 2.17. The number of nitrogen functional groups attached to an aromatic ring is 1. The second kappa shape index (κ2) is 4.91. The van der Waals surface area contributed by atoms with Crippen LogP contribution in [0.5, 0.6) is 0 Å². The number of benzene rings is 1. The van der Waals surface area contributed by atoms with E-state index in [0.717, 1.165) is 17.7 Å². The zero-order valence-electron chi connectivity index (χ0n) is 10.5. The van der Waals surface area contributed by atoms with Crippen LogP contribution in [0.3, 0.4) is 0 Å². The fourth-order valence-corrected chi connectivity index (χ4v) is 1.84. The van der Waals surface area contributed by atoms with Gasteiger partial charge in [0, 0.05) is 18.8 Å². The summed E-state index contributed by atoms with van der Waals surface area (Å²) in [5.41, 5.74) is 7.92. The fraction of sp³-hybridized carbons (Fsp3) is 0.231. The van der Waals surface area contributed by atoms with Crippen molar-refractivity contribution in [2.75, 3.05) is 11.1 Å². The fourth-order valence-electron chi connectivity index (χ4n) is 1.84. The van der Waals surface area contributed by atoms with Gasteiger partial charge in [0.15, 0.2) is 0 Å². The van der Waals surface area contributed by atoms with E-state index in [4.69, 9.17) is 5.73 Å². The van der Waals surface area contributed by atoms with E-state index in [9.17, 15) is 4.79 Å². The molecule has 3 N–H and O–H groups in total. The first-order valence-electron chi connectivity index (χ1n) is 5.80. The Kier molecular flexibility index (Phi) is 3.32. The van der Waals surface area contributed by atoms with E-state index < -0.39 is 0 Å². The first-order valence-corrected chi connectivity index (χ1v) is 5.80. The van der Waals surface area contributed by atoms with Gasteiger partial charge in [0.2, 0.25) is 0 Å². The van der Waals surface area contributed by atoms with Crippen LogP contribution >= 0.6 is 0 Å². The Bertz CT molecular complexity index is 574. The molecule has 2 aromatic rings. The maximum Gasteiger partial charge on any atom is 0.274 e. The first kappa shape index (κ1) is 12.2. The Labute approximate surface area is 106 Å². The lowest BCUT2D eigenvalue weighted by Crippen LogP contribution is -2.16. The lowest BCUT2D eigenvalue weighted by molar-refractivity contribution is 0.101. The molecule has 0 saturated carbocycles. The molecular formula is C13H16N4O. The van der Waals surface area contributed by atoms with E-state index in [-0.39, 0.29) is 5.91 Å². The van der Waals surface area contributed by atoms with Crippen molar-refractivity contribution >= 4 is 17.4 Å². The van der Waals surface area contributed by atoms with Gasteiger partial charge in [-0.05, 0) is 18.1 Å². The van der Waals surface area contributed by atoms with Gasteiger partial charge in [-0.2, -0.15) is 5.10 Å². The molecule has 0 unspecified atom stereocenters. The lowest BCUT2D eigenvalue weighted by Gasteiger charge is -2.09. The summed E-state index contributed by atoms with van der Waals surface area (Å²) >= 11 is 0. The normalized spacial score (nSPS) is 10.3. The Morgan fingerprint density at radius 3 is 2.78 bits per heavy atom. The molecule has 5 nitrogen and oxygen atoms in total. The van der Waals surface area contributed by atoms with E-state index in [1.165, 1.54) is 4.68 Å². The van der Waals surface area contributed by atoms with E-state index in [1.807, 2.05) is 31.2 Å². The third kappa shape index (κ3) is 2.34. The highest BCUT2D eigenvalue weighted by molar-refractivity contribution is 6.03. The second-order valence-electron chi connectivity index (χ2n) is 4.04. The predicted octanol–water partition coefficient (Wildman–Crippen LogP) is 1.82. The molecule has 1 heterocycles. The summed E-state index contributed by atoms with van der Waals surface area (Å²) in [7, 11) is 1.69. The van der Waals surface area contributed by atoms with Crippen molar-refractivity contribution in [1.29, 1.82) is 0 Å². The van der Waals surface area contributed by atoms with E-state index >= 15 is 0 Å². The Balaban J connectivity index is 2.24. The van der Waals surface area contributed by atoms with Crippen LogP contribution in [0.15, 0.2) is 30.3 Å². The number of rotatable bonds is 3. The van der Waals surface area contributed by atoms with Crippen LogP contribution in [0.1, 0.15) is 23.0 Å². The maximum absolute atomic E-state index is 12.1. The molecule has 1 amide bonds. The second-order valence-corrected chi connectivity index (χ2v) is 4.04. The number of anilines is 2. The molecule has 0 bridgehead atoms. The van der Waals surface area contributed by atoms with Gasteiger partial charge in [-0.3, -0.25) is 9.48 Å². The number of amides is 1. The van der Waals surface area contributed by atoms with Gasteiger partial charge in [0.25, 0.3) is 5.91 Å². The number of nitrogens with one attached hydrogen (secondary N) is 1. The number of carbonyl (C=O) groups excluding carboxylic acids is 1. The topological polar surface area (TPSA) is 72.9 Å². The molecule has 0 aliphatic carbocycles. The average molecular weight is 244 g/mol. The van der Waals surface area contributed by atoms with Gasteiger partial charge in [0.1, 0.15) is 11.5 Å². The van der Waals surface area contributed by atoms with Gasteiger partial charge in [-0.1, -0.05) is 25.1 Å². The lowest BCUT2D eigenvalue weighted by atomic mass is 10.1. The van der Waals surface area contributed by atoms with Crippen LogP contribution in [-0.2, 0) is 13.5 Å². The van der Waals surface area contributed by atoms with Gasteiger partial charge < -0.3 is 11.1 Å². The molecule has 0 saturated heterocycles. The summed E-state index contributed by atoms with van der Waals surface area (Å²) in [6.07, 6.45) is 0.865. The van der Waals surface area contributed by atoms with Crippen molar-refractivity contribution in [2.45, 2.75) is 13.3 Å². The molecule has 2 rings (SSSR count). The van der Waals surface area contributed by atoms with Crippen molar-refractivity contribution in [3.05, 3.63) is 41.6 Å². The number of hydrogen-bond donors (Lipinski definition) is 2. The molecule has 1 aromatic carbocycles. The summed E-state index contributed by atoms with van der Waals surface area (Å²) in [6.45, 7) is 2.05. The highest BCUT2D eigenvalue weighted by Gasteiger charge is 2.13. The van der Waals surface area contributed by atoms with Crippen molar-refractivity contribution in [2.24, 2.45) is 7.05 Å². The smallest absolute Gasteiger partial charge is 0.274 e. The molecule has 0 fully saturated rings. The van der Waals surface area contributed by atoms with Crippen LogP contribution < -0.4 is 11.1 Å². The maximum atomic E-state index is 12.1. The SMILES string of the molecule is CCc1ccccc1NC(=O)c1cc(N)nn1C. The Morgan fingerprint density at radius 2 is 2.17 bits per heavy atom. The number of para-hydroxylation sites is 1. The van der Waals surface area contributed by atoms with Crippen LogP contribution in [0.2, 0.25) is 0 Å². The minimum atomic E-state index is -0.206. The molecule has 18 heavy (non-hydrogen) atoms. The molecular weight excluding hydrogens is 228 g/mol. The first-order chi connectivity index (χ1) is 8.61. The van der Waals surface area contributed by atoms with Crippen LogP contribution in [-0.4, -0.2) is 15.7 Å². The largest absolute Gasteiger partial charge is 0.382 e. The molecule has 94 valence electrons. The highest BCUT2D eigenvalue weighted by atomic mass is 16.2. The number of hydrogen-bond acceptors (Lipinski definition) is 3. The van der Waals surface area contributed by atoms with Crippen molar-refractivity contribution in [1.82, 2.24) is 9.78 Å². The minimum absolute atomic E-state index is 0.206. The summed E-state index contributed by atoms with van der Waals surface area (Å²) in [5.74, 6) is 0.133. The van der Waals surface area contributed by atoms with Gasteiger partial charge in [-0.25, -0.2) is 0 Å². The molecule has 0 atom stereocenters. The number of aryl methyl sites for hydroxylation is 2.